The minimum absolute atomic E-state index is 0.0635. The van der Waals surface area contributed by atoms with Crippen LogP contribution in [0.15, 0.2) is 52.2 Å². The van der Waals surface area contributed by atoms with E-state index in [1.54, 1.807) is 13.4 Å². The summed E-state index contributed by atoms with van der Waals surface area (Å²) in [5.74, 6) is 2.89. The second kappa shape index (κ2) is 9.45. The number of carbonyl (C=O) groups is 1. The molecule has 1 N–H and O–H groups in total. The number of ether oxygens (including phenoxy) is 1. The maximum atomic E-state index is 12.3. The second-order valence-corrected chi connectivity index (χ2v) is 7.52. The van der Waals surface area contributed by atoms with Gasteiger partial charge in [-0.2, -0.15) is 0 Å². The van der Waals surface area contributed by atoms with Gasteiger partial charge in [-0.1, -0.05) is 37.7 Å². The molecular weight excluding hydrogens is 376 g/mol. The van der Waals surface area contributed by atoms with Gasteiger partial charge in [0.25, 0.3) is 0 Å². The highest BCUT2D eigenvalue weighted by Crippen LogP contribution is 2.23. The zero-order valence-electron chi connectivity index (χ0n) is 16.2. The Labute approximate surface area is 168 Å². The number of methoxy groups -OCH3 is 1. The van der Waals surface area contributed by atoms with Gasteiger partial charge in [-0.25, -0.2) is 0 Å². The van der Waals surface area contributed by atoms with Crippen molar-refractivity contribution in [2.45, 2.75) is 38.0 Å². The Morgan fingerprint density at radius 2 is 2.14 bits per heavy atom. The summed E-state index contributed by atoms with van der Waals surface area (Å²) >= 11 is 1.37. The molecule has 0 unspecified atom stereocenters. The minimum atomic E-state index is -0.0635. The number of amides is 1. The summed E-state index contributed by atoms with van der Waals surface area (Å²) in [7, 11) is 1.62. The number of rotatable bonds is 9. The number of furan rings is 1. The van der Waals surface area contributed by atoms with Gasteiger partial charge in [-0.05, 0) is 29.8 Å². The molecule has 0 aliphatic rings. The molecule has 0 aliphatic carbocycles. The van der Waals surface area contributed by atoms with Crippen LogP contribution < -0.4 is 10.1 Å². The molecule has 3 aromatic rings. The third-order valence-electron chi connectivity index (χ3n) is 4.11. The average molecular weight is 401 g/mol. The van der Waals surface area contributed by atoms with Crippen LogP contribution in [-0.2, 0) is 17.9 Å². The van der Waals surface area contributed by atoms with E-state index in [4.69, 9.17) is 9.15 Å². The molecule has 0 saturated carbocycles. The topological polar surface area (TPSA) is 82.2 Å². The molecule has 148 valence electrons. The highest BCUT2D eigenvalue weighted by Gasteiger charge is 2.17. The lowest BCUT2D eigenvalue weighted by atomic mass is 10.2. The first-order valence-electron chi connectivity index (χ1n) is 9.04. The summed E-state index contributed by atoms with van der Waals surface area (Å²) in [5, 5.41) is 12.2. The van der Waals surface area contributed by atoms with Crippen LogP contribution in [0.2, 0.25) is 0 Å². The van der Waals surface area contributed by atoms with E-state index < -0.39 is 0 Å². The molecule has 2 aromatic heterocycles. The number of hydrogen-bond donors (Lipinski definition) is 1. The van der Waals surface area contributed by atoms with Gasteiger partial charge in [0.1, 0.15) is 17.3 Å². The van der Waals surface area contributed by atoms with Crippen LogP contribution in [0.3, 0.4) is 0 Å². The molecule has 0 atom stereocenters. The van der Waals surface area contributed by atoms with E-state index in [1.807, 2.05) is 41.0 Å². The molecule has 8 heteroatoms. The molecule has 0 aliphatic heterocycles. The van der Waals surface area contributed by atoms with E-state index in [2.05, 4.69) is 29.4 Å². The molecule has 7 nitrogen and oxygen atoms in total. The van der Waals surface area contributed by atoms with Crippen LogP contribution in [0.4, 0.5) is 0 Å². The largest absolute Gasteiger partial charge is 0.497 e. The first-order valence-corrected chi connectivity index (χ1v) is 10.0. The Morgan fingerprint density at radius 3 is 2.86 bits per heavy atom. The van der Waals surface area contributed by atoms with Crippen LogP contribution >= 0.6 is 11.8 Å². The van der Waals surface area contributed by atoms with Crippen LogP contribution in [-0.4, -0.2) is 33.5 Å². The number of carbonyl (C=O) groups excluding carboxylic acids is 1. The van der Waals surface area contributed by atoms with Crippen LogP contribution in [0.25, 0.3) is 0 Å². The molecule has 0 bridgehead atoms. The monoisotopic (exact) mass is 400 g/mol. The highest BCUT2D eigenvalue weighted by molar-refractivity contribution is 7.99. The number of aromatic nitrogens is 3. The predicted molar refractivity (Wildman–Crippen MR) is 107 cm³/mol. The molecule has 28 heavy (non-hydrogen) atoms. The van der Waals surface area contributed by atoms with E-state index in [-0.39, 0.29) is 17.6 Å². The lowest BCUT2D eigenvalue weighted by Gasteiger charge is -2.11. The van der Waals surface area contributed by atoms with Crippen molar-refractivity contribution in [2.24, 2.45) is 0 Å². The minimum Gasteiger partial charge on any atom is -0.497 e. The Bertz CT molecular complexity index is 906. The van der Waals surface area contributed by atoms with Gasteiger partial charge in [0.2, 0.25) is 5.91 Å². The predicted octanol–water partition coefficient (Wildman–Crippen LogP) is 3.46. The average Bonchev–Trinajstić information content (AvgIpc) is 3.35. The molecule has 0 spiro atoms. The van der Waals surface area contributed by atoms with Gasteiger partial charge in [0.05, 0.1) is 25.7 Å². The van der Waals surface area contributed by atoms with Crippen molar-refractivity contribution in [3.05, 3.63) is 59.8 Å². The molecule has 2 heterocycles. The summed E-state index contributed by atoms with van der Waals surface area (Å²) in [6.45, 7) is 5.13. The van der Waals surface area contributed by atoms with Gasteiger partial charge in [-0.15, -0.1) is 10.2 Å². The third-order valence-corrected chi connectivity index (χ3v) is 5.08. The molecule has 0 radical (unpaired) electrons. The zero-order valence-corrected chi connectivity index (χ0v) is 17.0. The second-order valence-electron chi connectivity index (χ2n) is 6.58. The van der Waals surface area contributed by atoms with Crippen molar-refractivity contribution in [2.75, 3.05) is 12.9 Å². The Hall–Kier alpha value is -2.74. The number of benzene rings is 1. The first kappa shape index (κ1) is 20.0. The molecular formula is C20H24N4O3S. The number of nitrogens with zero attached hydrogens (tertiary/aromatic N) is 3. The molecule has 0 fully saturated rings. The fourth-order valence-electron chi connectivity index (χ4n) is 2.71. The third kappa shape index (κ3) is 5.16. The summed E-state index contributed by atoms with van der Waals surface area (Å²) in [6.07, 6.45) is 1.65. The van der Waals surface area contributed by atoms with E-state index >= 15 is 0 Å². The van der Waals surface area contributed by atoms with Crippen molar-refractivity contribution in [1.82, 2.24) is 20.1 Å². The van der Waals surface area contributed by atoms with E-state index in [0.717, 1.165) is 22.9 Å². The van der Waals surface area contributed by atoms with Gasteiger partial charge >= 0.3 is 0 Å². The smallest absolute Gasteiger partial charge is 0.230 e. The quantitative estimate of drug-likeness (QED) is 0.554. The maximum absolute atomic E-state index is 12.3. The summed E-state index contributed by atoms with van der Waals surface area (Å²) in [5.41, 5.74) is 0.987. The molecule has 1 aromatic carbocycles. The van der Waals surface area contributed by atoms with Crippen LogP contribution in [0.5, 0.6) is 5.75 Å². The first-order chi connectivity index (χ1) is 13.6. The summed E-state index contributed by atoms with van der Waals surface area (Å²) in [6, 6.07) is 11.4. The lowest BCUT2D eigenvalue weighted by Crippen LogP contribution is -2.24. The normalized spacial score (nSPS) is 11.0. The van der Waals surface area contributed by atoms with Crippen LogP contribution in [0.1, 0.15) is 36.9 Å². The molecule has 3 rings (SSSR count). The Kier molecular flexibility index (Phi) is 6.76. The van der Waals surface area contributed by atoms with Crippen molar-refractivity contribution in [3.63, 3.8) is 0 Å². The van der Waals surface area contributed by atoms with Crippen molar-refractivity contribution in [1.29, 1.82) is 0 Å². The number of thioether (sulfide) groups is 1. The fourth-order valence-corrected chi connectivity index (χ4v) is 3.48. The zero-order chi connectivity index (χ0) is 19.9. The maximum Gasteiger partial charge on any atom is 0.230 e. The Morgan fingerprint density at radius 1 is 1.29 bits per heavy atom. The highest BCUT2D eigenvalue weighted by atomic mass is 32.2. The SMILES string of the molecule is COc1cccc(CNC(=O)CSc2nnc(C(C)C)n2Cc2ccco2)c1. The summed E-state index contributed by atoms with van der Waals surface area (Å²) < 4.78 is 12.7. The van der Waals surface area contributed by atoms with Gasteiger partial charge in [-0.3, -0.25) is 9.36 Å². The van der Waals surface area contributed by atoms with E-state index in [9.17, 15) is 4.79 Å². The molecule has 0 saturated heterocycles. The van der Waals surface area contributed by atoms with Crippen LogP contribution in [0, 0.1) is 0 Å². The molecule has 1 amide bonds. The van der Waals surface area contributed by atoms with E-state index in [1.165, 1.54) is 11.8 Å². The van der Waals surface area contributed by atoms with Crippen molar-refractivity contribution >= 4 is 17.7 Å². The fraction of sp³-hybridized carbons (Fsp3) is 0.350. The van der Waals surface area contributed by atoms with E-state index in [0.29, 0.717) is 18.2 Å². The number of nitrogens with one attached hydrogen (secondary N) is 1. The van der Waals surface area contributed by atoms with Gasteiger partial charge < -0.3 is 14.5 Å². The van der Waals surface area contributed by atoms with Crippen molar-refractivity contribution < 1.29 is 13.9 Å². The van der Waals surface area contributed by atoms with Gasteiger partial charge in [0.15, 0.2) is 5.16 Å². The summed E-state index contributed by atoms with van der Waals surface area (Å²) in [4.78, 5) is 12.3. The standard InChI is InChI=1S/C20H24N4O3S/c1-14(2)19-22-23-20(24(19)12-17-8-5-9-27-17)28-13-18(25)21-11-15-6-4-7-16(10-15)26-3/h4-10,14H,11-13H2,1-3H3,(H,21,25). The lowest BCUT2D eigenvalue weighted by molar-refractivity contribution is -0.118. The Balaban J connectivity index is 1.59. The van der Waals surface area contributed by atoms with Crippen molar-refractivity contribution in [3.8, 4) is 5.75 Å². The van der Waals surface area contributed by atoms with Gasteiger partial charge in [0, 0.05) is 12.5 Å². The number of hydrogen-bond acceptors (Lipinski definition) is 6.